The van der Waals surface area contributed by atoms with E-state index in [4.69, 9.17) is 10.5 Å². The van der Waals surface area contributed by atoms with E-state index in [-0.39, 0.29) is 18.1 Å². The minimum atomic E-state index is -0.585. The molecule has 0 spiro atoms. The van der Waals surface area contributed by atoms with Crippen LogP contribution in [0.4, 0.5) is 5.69 Å². The number of ether oxygens (including phenoxy) is 1. The summed E-state index contributed by atoms with van der Waals surface area (Å²) in [5, 5.41) is 0. The predicted molar refractivity (Wildman–Crippen MR) is 84.9 cm³/mol. The molecule has 2 amide bonds. The lowest BCUT2D eigenvalue weighted by Crippen LogP contribution is -2.35. The Morgan fingerprint density at radius 3 is 2.32 bits per heavy atom. The average Bonchev–Trinajstić information content (AvgIpc) is 2.55. The number of nitrogens with two attached hydrogens (primary N) is 1. The molecule has 0 atom stereocenters. The number of hydrogen-bond donors (Lipinski definition) is 1. The maximum absolute atomic E-state index is 12.3. The zero-order chi connectivity index (χ0) is 15.9. The predicted octanol–water partition coefficient (Wildman–Crippen LogP) is 2.22. The SMILES string of the molecule is CCN(C(=O)COc1ccccc1C(N)=O)c1ccccc1. The summed E-state index contributed by atoms with van der Waals surface area (Å²) in [5.41, 5.74) is 6.35. The molecule has 2 N–H and O–H groups in total. The summed E-state index contributed by atoms with van der Waals surface area (Å²) in [4.78, 5) is 25.3. The molecule has 0 unspecified atom stereocenters. The van der Waals surface area contributed by atoms with Crippen LogP contribution in [-0.2, 0) is 4.79 Å². The Bertz CT molecular complexity index is 656. The zero-order valence-corrected chi connectivity index (χ0v) is 12.4. The molecule has 2 rings (SSSR count). The van der Waals surface area contributed by atoms with Crippen molar-refractivity contribution in [1.82, 2.24) is 0 Å². The molecule has 0 saturated heterocycles. The van der Waals surface area contributed by atoms with Gasteiger partial charge in [-0.05, 0) is 31.2 Å². The Morgan fingerprint density at radius 1 is 1.05 bits per heavy atom. The van der Waals surface area contributed by atoms with E-state index in [1.807, 2.05) is 37.3 Å². The Hall–Kier alpha value is -2.82. The zero-order valence-electron chi connectivity index (χ0n) is 12.4. The first-order chi connectivity index (χ1) is 10.6. The van der Waals surface area contributed by atoms with Crippen molar-refractivity contribution in [2.45, 2.75) is 6.92 Å². The molecule has 0 bridgehead atoms. The molecular weight excluding hydrogens is 280 g/mol. The van der Waals surface area contributed by atoms with Crippen LogP contribution in [0.25, 0.3) is 0 Å². The Morgan fingerprint density at radius 2 is 1.68 bits per heavy atom. The van der Waals surface area contributed by atoms with Gasteiger partial charge in [0, 0.05) is 12.2 Å². The molecule has 0 fully saturated rings. The Balaban J connectivity index is 2.08. The van der Waals surface area contributed by atoms with Gasteiger partial charge >= 0.3 is 0 Å². The highest BCUT2D eigenvalue weighted by molar-refractivity contribution is 5.96. The van der Waals surface area contributed by atoms with Gasteiger partial charge < -0.3 is 15.4 Å². The van der Waals surface area contributed by atoms with Gasteiger partial charge in [-0.3, -0.25) is 9.59 Å². The van der Waals surface area contributed by atoms with E-state index in [1.54, 1.807) is 29.2 Å². The molecular formula is C17H18N2O3. The van der Waals surface area contributed by atoms with Gasteiger partial charge in [0.2, 0.25) is 0 Å². The van der Waals surface area contributed by atoms with Crippen molar-refractivity contribution in [3.8, 4) is 5.75 Å². The lowest BCUT2D eigenvalue weighted by molar-refractivity contribution is -0.120. The van der Waals surface area contributed by atoms with Gasteiger partial charge in [-0.25, -0.2) is 0 Å². The van der Waals surface area contributed by atoms with Crippen molar-refractivity contribution in [2.75, 3.05) is 18.1 Å². The highest BCUT2D eigenvalue weighted by atomic mass is 16.5. The van der Waals surface area contributed by atoms with Gasteiger partial charge in [0.05, 0.1) is 5.56 Å². The lowest BCUT2D eigenvalue weighted by Gasteiger charge is -2.21. The topological polar surface area (TPSA) is 72.6 Å². The van der Waals surface area contributed by atoms with Crippen LogP contribution in [-0.4, -0.2) is 25.0 Å². The standard InChI is InChI=1S/C17H18N2O3/c1-2-19(13-8-4-3-5-9-13)16(20)12-22-15-11-7-6-10-14(15)17(18)21/h3-11H,2,12H2,1H3,(H2,18,21). The van der Waals surface area contributed by atoms with Crippen molar-refractivity contribution in [3.63, 3.8) is 0 Å². The average molecular weight is 298 g/mol. The number of amides is 2. The molecule has 5 heteroatoms. The summed E-state index contributed by atoms with van der Waals surface area (Å²) in [6.45, 7) is 2.26. The number of benzene rings is 2. The van der Waals surface area contributed by atoms with E-state index in [0.717, 1.165) is 5.69 Å². The quantitative estimate of drug-likeness (QED) is 0.888. The van der Waals surface area contributed by atoms with Crippen LogP contribution in [0.1, 0.15) is 17.3 Å². The third-order valence-corrected chi connectivity index (χ3v) is 3.19. The summed E-state index contributed by atoms with van der Waals surface area (Å²) < 4.78 is 5.47. The maximum Gasteiger partial charge on any atom is 0.264 e. The van der Waals surface area contributed by atoms with E-state index < -0.39 is 5.91 Å². The van der Waals surface area contributed by atoms with E-state index in [9.17, 15) is 9.59 Å². The first-order valence-electron chi connectivity index (χ1n) is 7.00. The normalized spacial score (nSPS) is 10.0. The molecule has 0 saturated carbocycles. The van der Waals surface area contributed by atoms with E-state index in [1.165, 1.54) is 0 Å². The van der Waals surface area contributed by atoms with E-state index in [2.05, 4.69) is 0 Å². The van der Waals surface area contributed by atoms with E-state index >= 15 is 0 Å². The number of hydrogen-bond acceptors (Lipinski definition) is 3. The number of rotatable bonds is 6. The molecule has 114 valence electrons. The maximum atomic E-state index is 12.3. The number of nitrogens with zero attached hydrogens (tertiary/aromatic N) is 1. The fraction of sp³-hybridized carbons (Fsp3) is 0.176. The molecule has 2 aromatic rings. The Labute approximate surface area is 129 Å². The van der Waals surface area contributed by atoms with Crippen LogP contribution in [0.5, 0.6) is 5.75 Å². The fourth-order valence-corrected chi connectivity index (χ4v) is 2.12. The van der Waals surface area contributed by atoms with Crippen molar-refractivity contribution >= 4 is 17.5 Å². The minimum Gasteiger partial charge on any atom is -0.483 e. The summed E-state index contributed by atoms with van der Waals surface area (Å²) in [5.74, 6) is -0.459. The third-order valence-electron chi connectivity index (χ3n) is 3.19. The molecule has 0 aliphatic heterocycles. The van der Waals surface area contributed by atoms with E-state index in [0.29, 0.717) is 12.3 Å². The minimum absolute atomic E-state index is 0.160. The first-order valence-corrected chi connectivity index (χ1v) is 7.00. The highest BCUT2D eigenvalue weighted by Gasteiger charge is 2.16. The smallest absolute Gasteiger partial charge is 0.264 e. The summed E-state index contributed by atoms with van der Waals surface area (Å²) in [6, 6.07) is 15.9. The fourth-order valence-electron chi connectivity index (χ4n) is 2.12. The monoisotopic (exact) mass is 298 g/mol. The van der Waals surface area contributed by atoms with Gasteiger partial charge in [0.1, 0.15) is 5.75 Å². The largest absolute Gasteiger partial charge is 0.483 e. The highest BCUT2D eigenvalue weighted by Crippen LogP contribution is 2.18. The van der Waals surface area contributed by atoms with Gasteiger partial charge in [0.25, 0.3) is 11.8 Å². The summed E-state index contributed by atoms with van der Waals surface area (Å²) >= 11 is 0. The molecule has 0 heterocycles. The van der Waals surface area contributed by atoms with Crippen LogP contribution in [0.15, 0.2) is 54.6 Å². The van der Waals surface area contributed by atoms with Crippen LogP contribution in [0, 0.1) is 0 Å². The van der Waals surface area contributed by atoms with Crippen LogP contribution >= 0.6 is 0 Å². The van der Waals surface area contributed by atoms with Gasteiger partial charge in [-0.2, -0.15) is 0 Å². The Kier molecular flexibility index (Phi) is 5.14. The molecule has 0 aliphatic carbocycles. The van der Waals surface area contributed by atoms with Crippen LogP contribution in [0.3, 0.4) is 0 Å². The second-order valence-corrected chi connectivity index (χ2v) is 4.62. The molecule has 22 heavy (non-hydrogen) atoms. The van der Waals surface area contributed by atoms with Crippen molar-refractivity contribution in [3.05, 3.63) is 60.2 Å². The second kappa shape index (κ2) is 7.26. The molecule has 0 aliphatic rings. The number of anilines is 1. The third kappa shape index (κ3) is 3.63. The molecule has 2 aromatic carbocycles. The summed E-state index contributed by atoms with van der Waals surface area (Å²) in [6.07, 6.45) is 0. The molecule has 0 aromatic heterocycles. The van der Waals surface area contributed by atoms with Crippen LogP contribution in [0.2, 0.25) is 0 Å². The number of carbonyl (C=O) groups excluding carboxylic acids is 2. The number of primary amides is 1. The number of para-hydroxylation sites is 2. The summed E-state index contributed by atoms with van der Waals surface area (Å²) in [7, 11) is 0. The van der Waals surface area contributed by atoms with Crippen molar-refractivity contribution < 1.29 is 14.3 Å². The second-order valence-electron chi connectivity index (χ2n) is 4.62. The number of likely N-dealkylation sites (N-methyl/N-ethyl adjacent to an activating group) is 1. The first kappa shape index (κ1) is 15.6. The van der Waals surface area contributed by atoms with Gasteiger partial charge in [-0.1, -0.05) is 30.3 Å². The molecule has 0 radical (unpaired) electrons. The van der Waals surface area contributed by atoms with Gasteiger partial charge in [-0.15, -0.1) is 0 Å². The van der Waals surface area contributed by atoms with Gasteiger partial charge in [0.15, 0.2) is 6.61 Å². The lowest BCUT2D eigenvalue weighted by atomic mass is 10.2. The number of carbonyl (C=O) groups is 2. The van der Waals surface area contributed by atoms with Crippen molar-refractivity contribution in [1.29, 1.82) is 0 Å². The van der Waals surface area contributed by atoms with Crippen molar-refractivity contribution in [2.24, 2.45) is 5.73 Å². The van der Waals surface area contributed by atoms with Crippen LogP contribution < -0.4 is 15.4 Å². The molecule has 5 nitrogen and oxygen atoms in total.